The fourth-order valence-electron chi connectivity index (χ4n) is 2.78. The van der Waals surface area contributed by atoms with E-state index in [9.17, 15) is 8.42 Å². The van der Waals surface area contributed by atoms with Crippen molar-refractivity contribution in [1.82, 2.24) is 9.62 Å². The van der Waals surface area contributed by atoms with Gasteiger partial charge in [0.15, 0.2) is 0 Å². The number of nitrogens with one attached hydrogen (secondary N) is 1. The molecule has 1 fully saturated rings. The van der Waals surface area contributed by atoms with Crippen LogP contribution >= 0.6 is 11.3 Å². The van der Waals surface area contributed by atoms with Crippen molar-refractivity contribution in [3.8, 4) is 0 Å². The van der Waals surface area contributed by atoms with Crippen molar-refractivity contribution >= 4 is 21.4 Å². The number of hydrogen-bond acceptors (Lipinski definition) is 4. The van der Waals surface area contributed by atoms with E-state index >= 15 is 0 Å². The van der Waals surface area contributed by atoms with Gasteiger partial charge in [-0.3, -0.25) is 0 Å². The monoisotopic (exact) mass is 330 g/mol. The van der Waals surface area contributed by atoms with Crippen LogP contribution in [0.1, 0.15) is 44.9 Å². The van der Waals surface area contributed by atoms with Gasteiger partial charge in [-0.25, -0.2) is 8.42 Å². The minimum absolute atomic E-state index is 0.350. The van der Waals surface area contributed by atoms with Crippen LogP contribution in [0, 0.1) is 5.92 Å². The van der Waals surface area contributed by atoms with Crippen molar-refractivity contribution in [3.63, 3.8) is 0 Å². The van der Waals surface area contributed by atoms with Gasteiger partial charge in [0.05, 0.1) is 4.90 Å². The van der Waals surface area contributed by atoms with E-state index in [0.717, 1.165) is 24.1 Å². The van der Waals surface area contributed by atoms with Gasteiger partial charge in [0.1, 0.15) is 0 Å². The average Bonchev–Trinajstić information content (AvgIpc) is 3.05. The average molecular weight is 331 g/mol. The van der Waals surface area contributed by atoms with E-state index in [2.05, 4.69) is 26.1 Å². The quantitative estimate of drug-likeness (QED) is 0.836. The van der Waals surface area contributed by atoms with E-state index in [0.29, 0.717) is 36.5 Å². The molecule has 1 aromatic rings. The zero-order valence-corrected chi connectivity index (χ0v) is 14.8. The molecule has 1 aliphatic rings. The van der Waals surface area contributed by atoms with Crippen LogP contribution in [0.25, 0.3) is 0 Å². The molecular weight excluding hydrogens is 304 g/mol. The van der Waals surface area contributed by atoms with Crippen LogP contribution in [0.15, 0.2) is 16.3 Å². The molecular formula is C15H26N2O2S2. The van der Waals surface area contributed by atoms with Gasteiger partial charge in [0, 0.05) is 30.6 Å². The molecule has 4 nitrogen and oxygen atoms in total. The van der Waals surface area contributed by atoms with Crippen LogP contribution in [0.5, 0.6) is 0 Å². The zero-order chi connectivity index (χ0) is 15.5. The molecule has 2 rings (SSSR count). The maximum Gasteiger partial charge on any atom is 0.244 e. The topological polar surface area (TPSA) is 49.4 Å². The van der Waals surface area contributed by atoms with Crippen molar-refractivity contribution in [2.75, 3.05) is 13.1 Å². The van der Waals surface area contributed by atoms with Gasteiger partial charge in [-0.2, -0.15) is 4.31 Å². The molecule has 0 radical (unpaired) electrons. The summed E-state index contributed by atoms with van der Waals surface area (Å²) >= 11 is 1.52. The van der Waals surface area contributed by atoms with E-state index in [1.54, 1.807) is 10.4 Å². The Balaban J connectivity index is 2.12. The highest BCUT2D eigenvalue weighted by atomic mass is 32.2. The molecule has 2 heterocycles. The second kappa shape index (κ2) is 7.22. The third-order valence-electron chi connectivity index (χ3n) is 3.94. The Labute approximate surface area is 132 Å². The lowest BCUT2D eigenvalue weighted by Gasteiger charge is -2.17. The molecule has 0 spiro atoms. The van der Waals surface area contributed by atoms with Gasteiger partial charge >= 0.3 is 0 Å². The number of rotatable bonds is 7. The predicted molar refractivity (Wildman–Crippen MR) is 88.1 cm³/mol. The maximum atomic E-state index is 12.8. The summed E-state index contributed by atoms with van der Waals surface area (Å²) in [6, 6.07) is 2.10. The molecule has 21 heavy (non-hydrogen) atoms. The van der Waals surface area contributed by atoms with Crippen LogP contribution in [0.3, 0.4) is 0 Å². The minimum atomic E-state index is -3.32. The molecule has 0 saturated carbocycles. The van der Waals surface area contributed by atoms with Gasteiger partial charge in [-0.15, -0.1) is 11.3 Å². The van der Waals surface area contributed by atoms with E-state index in [1.807, 2.05) is 5.38 Å². The summed E-state index contributed by atoms with van der Waals surface area (Å²) < 4.78 is 27.3. The summed E-state index contributed by atoms with van der Waals surface area (Å²) in [5, 5.41) is 5.19. The fourth-order valence-corrected chi connectivity index (χ4v) is 5.68. The number of hydrogen-bond donors (Lipinski definition) is 1. The Kier molecular flexibility index (Phi) is 5.82. The van der Waals surface area contributed by atoms with Gasteiger partial charge in [-0.05, 0) is 30.2 Å². The van der Waals surface area contributed by atoms with Crippen LogP contribution in [0.4, 0.5) is 0 Å². The largest absolute Gasteiger partial charge is 0.310 e. The first-order valence-electron chi connectivity index (χ1n) is 7.75. The molecule has 0 amide bonds. The van der Waals surface area contributed by atoms with Gasteiger partial charge in [0.2, 0.25) is 10.0 Å². The lowest BCUT2D eigenvalue weighted by atomic mass is 10.0. The number of nitrogens with zero attached hydrogens (tertiary/aromatic N) is 1. The molecule has 1 aliphatic heterocycles. The molecule has 1 unspecified atom stereocenters. The third-order valence-corrected chi connectivity index (χ3v) is 6.94. The predicted octanol–water partition coefficient (Wildman–Crippen LogP) is 3.06. The number of thiophene rings is 1. The Hall–Kier alpha value is -0.430. The maximum absolute atomic E-state index is 12.8. The normalized spacial score (nSPS) is 20.5. The summed E-state index contributed by atoms with van der Waals surface area (Å²) in [7, 11) is -3.32. The van der Waals surface area contributed by atoms with Gasteiger partial charge in [-0.1, -0.05) is 27.2 Å². The van der Waals surface area contributed by atoms with E-state index in [-0.39, 0.29) is 0 Å². The first-order valence-corrected chi connectivity index (χ1v) is 10.1. The second-order valence-electron chi connectivity index (χ2n) is 6.05. The highest BCUT2D eigenvalue weighted by molar-refractivity contribution is 7.89. The van der Waals surface area contributed by atoms with Gasteiger partial charge < -0.3 is 5.32 Å². The van der Waals surface area contributed by atoms with Crippen LogP contribution < -0.4 is 5.32 Å². The van der Waals surface area contributed by atoms with E-state index in [4.69, 9.17) is 0 Å². The second-order valence-corrected chi connectivity index (χ2v) is 8.96. The van der Waals surface area contributed by atoms with Crippen LogP contribution in [-0.4, -0.2) is 31.9 Å². The Bertz CT molecular complexity index is 552. The molecule has 120 valence electrons. The highest BCUT2D eigenvalue weighted by Gasteiger charge is 2.33. The SMILES string of the molecule is CCCC1CCN(S(=O)(=O)c2ccsc2CNC(C)C)C1. The molecule has 0 aliphatic carbocycles. The Morgan fingerprint density at radius 2 is 2.24 bits per heavy atom. The molecule has 0 bridgehead atoms. The fraction of sp³-hybridized carbons (Fsp3) is 0.733. The Morgan fingerprint density at radius 1 is 1.48 bits per heavy atom. The van der Waals surface area contributed by atoms with Crippen molar-refractivity contribution in [3.05, 3.63) is 16.3 Å². The molecule has 1 N–H and O–H groups in total. The summed E-state index contributed by atoms with van der Waals surface area (Å²) in [6.45, 7) is 8.26. The standard InChI is InChI=1S/C15H26N2O2S2/c1-4-5-13-6-8-17(11-13)21(18,19)15-7-9-20-14(15)10-16-12(2)3/h7,9,12-13,16H,4-6,8,10-11H2,1-3H3. The molecule has 0 aromatic carbocycles. The summed E-state index contributed by atoms with van der Waals surface area (Å²) in [4.78, 5) is 1.42. The van der Waals surface area contributed by atoms with E-state index in [1.165, 1.54) is 11.3 Å². The van der Waals surface area contributed by atoms with Crippen molar-refractivity contribution in [1.29, 1.82) is 0 Å². The van der Waals surface area contributed by atoms with Gasteiger partial charge in [0.25, 0.3) is 0 Å². The first-order chi connectivity index (χ1) is 9.95. The van der Waals surface area contributed by atoms with Crippen LogP contribution in [-0.2, 0) is 16.6 Å². The third kappa shape index (κ3) is 4.06. The van der Waals surface area contributed by atoms with Crippen molar-refractivity contribution in [2.24, 2.45) is 5.92 Å². The number of sulfonamides is 1. The lowest BCUT2D eigenvalue weighted by molar-refractivity contribution is 0.444. The first kappa shape index (κ1) is 16.9. The molecule has 6 heteroatoms. The smallest absolute Gasteiger partial charge is 0.244 e. The minimum Gasteiger partial charge on any atom is -0.310 e. The molecule has 1 atom stereocenters. The lowest BCUT2D eigenvalue weighted by Crippen LogP contribution is -2.30. The zero-order valence-electron chi connectivity index (χ0n) is 13.1. The summed E-state index contributed by atoms with van der Waals surface area (Å²) in [5.41, 5.74) is 0. The van der Waals surface area contributed by atoms with Crippen molar-refractivity contribution in [2.45, 2.75) is 57.5 Å². The van der Waals surface area contributed by atoms with E-state index < -0.39 is 10.0 Å². The van der Waals surface area contributed by atoms with Crippen LogP contribution in [0.2, 0.25) is 0 Å². The summed E-state index contributed by atoms with van der Waals surface area (Å²) in [5.74, 6) is 0.528. The highest BCUT2D eigenvalue weighted by Crippen LogP contribution is 2.30. The molecule has 1 saturated heterocycles. The van der Waals surface area contributed by atoms with Crippen molar-refractivity contribution < 1.29 is 8.42 Å². The molecule has 1 aromatic heterocycles. The Morgan fingerprint density at radius 3 is 2.90 bits per heavy atom. The summed E-state index contributed by atoms with van der Waals surface area (Å²) in [6.07, 6.45) is 3.24.